The highest BCUT2D eigenvalue weighted by atomic mass is 32.2. The van der Waals surface area contributed by atoms with Gasteiger partial charge in [0.1, 0.15) is 0 Å². The molecule has 0 radical (unpaired) electrons. The molecule has 1 heterocycles. The Bertz CT molecular complexity index is 625. The van der Waals surface area contributed by atoms with Crippen LogP contribution in [-0.4, -0.2) is 33.7 Å². The maximum atomic E-state index is 11.4. The van der Waals surface area contributed by atoms with Crippen LogP contribution in [0.3, 0.4) is 0 Å². The lowest BCUT2D eigenvalue weighted by Gasteiger charge is -2.20. The minimum absolute atomic E-state index is 0.338. The van der Waals surface area contributed by atoms with Crippen LogP contribution in [0.25, 0.3) is 6.08 Å². The molecular formula is C16H20O4S. The Balaban J connectivity index is 1.64. The highest BCUT2D eigenvalue weighted by Crippen LogP contribution is 2.41. The van der Waals surface area contributed by atoms with Crippen molar-refractivity contribution in [2.45, 2.75) is 29.9 Å². The first-order chi connectivity index (χ1) is 9.97. The van der Waals surface area contributed by atoms with Crippen molar-refractivity contribution in [1.82, 2.24) is 0 Å². The van der Waals surface area contributed by atoms with Crippen LogP contribution in [0.5, 0.6) is 0 Å². The smallest absolute Gasteiger partial charge is 0.175 e. The summed E-state index contributed by atoms with van der Waals surface area (Å²) in [5.41, 5.74) is 1.01. The minimum atomic E-state index is -3.12. The summed E-state index contributed by atoms with van der Waals surface area (Å²) in [6, 6.07) is 6.96. The molecule has 5 heteroatoms. The zero-order valence-electron chi connectivity index (χ0n) is 12.1. The van der Waals surface area contributed by atoms with E-state index in [9.17, 15) is 8.42 Å². The second kappa shape index (κ2) is 5.55. The van der Waals surface area contributed by atoms with Gasteiger partial charge in [-0.15, -0.1) is 0 Å². The molecule has 1 spiro atoms. The van der Waals surface area contributed by atoms with Gasteiger partial charge in [0.05, 0.1) is 18.1 Å². The number of hydrogen-bond donors (Lipinski definition) is 0. The van der Waals surface area contributed by atoms with E-state index in [0.717, 1.165) is 24.8 Å². The monoisotopic (exact) mass is 308 g/mol. The van der Waals surface area contributed by atoms with Gasteiger partial charge >= 0.3 is 0 Å². The van der Waals surface area contributed by atoms with Crippen molar-refractivity contribution in [1.29, 1.82) is 0 Å². The van der Waals surface area contributed by atoms with E-state index in [-0.39, 0.29) is 5.79 Å². The van der Waals surface area contributed by atoms with Crippen molar-refractivity contribution in [2.75, 3.05) is 19.5 Å². The van der Waals surface area contributed by atoms with Crippen LogP contribution >= 0.6 is 0 Å². The maximum Gasteiger partial charge on any atom is 0.175 e. The fourth-order valence-corrected chi connectivity index (χ4v) is 3.64. The Morgan fingerprint density at radius 2 is 1.86 bits per heavy atom. The van der Waals surface area contributed by atoms with Gasteiger partial charge in [-0.05, 0) is 30.0 Å². The Kier molecular flexibility index (Phi) is 3.90. The molecule has 1 saturated carbocycles. The molecule has 1 aliphatic carbocycles. The van der Waals surface area contributed by atoms with E-state index in [1.54, 1.807) is 12.1 Å². The van der Waals surface area contributed by atoms with E-state index >= 15 is 0 Å². The van der Waals surface area contributed by atoms with Gasteiger partial charge in [-0.3, -0.25) is 0 Å². The van der Waals surface area contributed by atoms with Crippen molar-refractivity contribution in [2.24, 2.45) is 5.92 Å². The van der Waals surface area contributed by atoms with Crippen LogP contribution in [0, 0.1) is 5.92 Å². The maximum absolute atomic E-state index is 11.4. The van der Waals surface area contributed by atoms with Crippen LogP contribution < -0.4 is 0 Å². The van der Waals surface area contributed by atoms with E-state index < -0.39 is 9.84 Å². The highest BCUT2D eigenvalue weighted by Gasteiger charge is 2.43. The third kappa shape index (κ3) is 3.36. The zero-order valence-corrected chi connectivity index (χ0v) is 12.9. The first-order valence-corrected chi connectivity index (χ1v) is 9.12. The van der Waals surface area contributed by atoms with E-state index in [2.05, 4.69) is 6.08 Å². The summed E-state index contributed by atoms with van der Waals surface area (Å²) >= 11 is 0. The first kappa shape index (κ1) is 14.8. The second-order valence-electron chi connectivity index (χ2n) is 5.81. The topological polar surface area (TPSA) is 52.6 Å². The highest BCUT2D eigenvalue weighted by molar-refractivity contribution is 7.90. The molecule has 2 fully saturated rings. The molecule has 2 aliphatic rings. The summed E-state index contributed by atoms with van der Waals surface area (Å²) in [5, 5.41) is 0. The molecule has 1 aromatic rings. The summed E-state index contributed by atoms with van der Waals surface area (Å²) < 4.78 is 34.2. The van der Waals surface area contributed by atoms with Crippen LogP contribution in [-0.2, 0) is 19.3 Å². The fourth-order valence-electron chi connectivity index (χ4n) is 3.01. The van der Waals surface area contributed by atoms with Crippen molar-refractivity contribution in [3.05, 3.63) is 35.9 Å². The number of allylic oxidation sites excluding steroid dienone is 1. The number of rotatable bonds is 3. The Labute approximate surface area is 125 Å². The van der Waals surface area contributed by atoms with Gasteiger partial charge in [0, 0.05) is 19.1 Å². The van der Waals surface area contributed by atoms with Crippen molar-refractivity contribution >= 4 is 15.9 Å². The molecular weight excluding hydrogens is 288 g/mol. The molecule has 21 heavy (non-hydrogen) atoms. The molecule has 114 valence electrons. The first-order valence-electron chi connectivity index (χ1n) is 7.23. The predicted octanol–water partition coefficient (Wildman–Crippen LogP) is 2.65. The van der Waals surface area contributed by atoms with E-state index in [0.29, 0.717) is 24.0 Å². The third-order valence-electron chi connectivity index (χ3n) is 4.15. The molecule has 0 aromatic heterocycles. The molecule has 1 aromatic carbocycles. The van der Waals surface area contributed by atoms with E-state index in [4.69, 9.17) is 9.47 Å². The van der Waals surface area contributed by atoms with Crippen molar-refractivity contribution < 1.29 is 17.9 Å². The van der Waals surface area contributed by atoms with Gasteiger partial charge in [0.15, 0.2) is 15.6 Å². The number of ether oxygens (including phenoxy) is 2. The lowest BCUT2D eigenvalue weighted by Crippen LogP contribution is -2.25. The standard InChI is InChI=1S/C16H20O4S/c1-21(17,18)15-6-4-13(5-7-15)2-3-14-8-9-16(12-14)19-10-11-20-16/h2-7,14H,8-12H2,1H3. The average Bonchev–Trinajstić information content (AvgIpc) is 3.07. The van der Waals surface area contributed by atoms with Gasteiger partial charge in [0.25, 0.3) is 0 Å². The van der Waals surface area contributed by atoms with E-state index in [1.807, 2.05) is 18.2 Å². The van der Waals surface area contributed by atoms with Gasteiger partial charge in [-0.1, -0.05) is 24.3 Å². The second-order valence-corrected chi connectivity index (χ2v) is 7.83. The number of benzene rings is 1. The Morgan fingerprint density at radius 3 is 2.48 bits per heavy atom. The Hall–Kier alpha value is -1.17. The molecule has 4 nitrogen and oxygen atoms in total. The number of sulfone groups is 1. The van der Waals surface area contributed by atoms with Crippen molar-refractivity contribution in [3.8, 4) is 0 Å². The molecule has 1 atom stereocenters. The number of hydrogen-bond acceptors (Lipinski definition) is 4. The van der Waals surface area contributed by atoms with Crippen LogP contribution in [0.2, 0.25) is 0 Å². The molecule has 1 saturated heterocycles. The largest absolute Gasteiger partial charge is 0.348 e. The predicted molar refractivity (Wildman–Crippen MR) is 80.6 cm³/mol. The van der Waals surface area contributed by atoms with Crippen molar-refractivity contribution in [3.63, 3.8) is 0 Å². The lowest BCUT2D eigenvalue weighted by molar-refractivity contribution is -0.151. The third-order valence-corrected chi connectivity index (χ3v) is 5.28. The molecule has 3 rings (SSSR count). The van der Waals surface area contributed by atoms with Gasteiger partial charge < -0.3 is 9.47 Å². The van der Waals surface area contributed by atoms with E-state index in [1.165, 1.54) is 6.26 Å². The van der Waals surface area contributed by atoms with Crippen LogP contribution in [0.1, 0.15) is 24.8 Å². The summed E-state index contributed by atoms with van der Waals surface area (Å²) in [7, 11) is -3.12. The summed E-state index contributed by atoms with van der Waals surface area (Å²) in [6.07, 6.45) is 8.37. The normalized spacial score (nSPS) is 25.1. The van der Waals surface area contributed by atoms with Gasteiger partial charge in [-0.2, -0.15) is 0 Å². The zero-order chi connectivity index (χ0) is 14.9. The molecule has 0 amide bonds. The summed E-state index contributed by atoms with van der Waals surface area (Å²) in [6.45, 7) is 1.40. The molecule has 1 unspecified atom stereocenters. The average molecular weight is 308 g/mol. The summed E-state index contributed by atoms with van der Waals surface area (Å²) in [4.78, 5) is 0.354. The Morgan fingerprint density at radius 1 is 1.19 bits per heavy atom. The quantitative estimate of drug-likeness (QED) is 0.861. The minimum Gasteiger partial charge on any atom is -0.348 e. The lowest BCUT2D eigenvalue weighted by atomic mass is 10.1. The summed E-state index contributed by atoms with van der Waals surface area (Å²) in [5.74, 6) is 0.118. The molecule has 0 bridgehead atoms. The molecule has 1 aliphatic heterocycles. The van der Waals surface area contributed by atoms with Gasteiger partial charge in [0.2, 0.25) is 0 Å². The fraction of sp³-hybridized carbons (Fsp3) is 0.500. The SMILES string of the molecule is CS(=O)(=O)c1ccc(C=CC2CCC3(C2)OCCO3)cc1. The molecule has 0 N–H and O–H groups in total. The van der Waals surface area contributed by atoms with Gasteiger partial charge in [-0.25, -0.2) is 8.42 Å². The van der Waals surface area contributed by atoms with Crippen LogP contribution in [0.15, 0.2) is 35.2 Å². The van der Waals surface area contributed by atoms with Crippen LogP contribution in [0.4, 0.5) is 0 Å².